The molecule has 2 aromatic heterocycles. The summed E-state index contributed by atoms with van der Waals surface area (Å²) in [7, 11) is 0. The molecule has 0 atom stereocenters. The van der Waals surface area contributed by atoms with Crippen molar-refractivity contribution in [2.24, 2.45) is 0 Å². The van der Waals surface area contributed by atoms with Crippen LogP contribution in [0.4, 0.5) is 5.95 Å². The lowest BCUT2D eigenvalue weighted by Crippen LogP contribution is -2.09. The molecule has 0 aliphatic carbocycles. The summed E-state index contributed by atoms with van der Waals surface area (Å²) in [5.41, 5.74) is 2.71. The number of halogens is 1. The summed E-state index contributed by atoms with van der Waals surface area (Å²) in [6.07, 6.45) is 2.46. The van der Waals surface area contributed by atoms with Gasteiger partial charge in [0.1, 0.15) is 5.82 Å². The Bertz CT molecular complexity index is 1060. The monoisotopic (exact) mass is 349 g/mol. The number of benzene rings is 2. The molecule has 1 N–H and O–H groups in total. The first-order valence-corrected chi connectivity index (χ1v) is 8.36. The van der Waals surface area contributed by atoms with E-state index >= 15 is 0 Å². The highest BCUT2D eigenvalue weighted by molar-refractivity contribution is 6.31. The SMILES string of the molecule is C=CCNc1nc2cc(Cl)ccc2c2nnc(Cc3ccccc3)n12. The molecule has 5 nitrogen and oxygen atoms in total. The molecule has 0 radical (unpaired) electrons. The molecule has 0 bridgehead atoms. The highest BCUT2D eigenvalue weighted by atomic mass is 35.5. The minimum atomic E-state index is 0.594. The molecule has 6 heteroatoms. The maximum atomic E-state index is 6.12. The Morgan fingerprint density at radius 2 is 1.96 bits per heavy atom. The average molecular weight is 350 g/mol. The Kier molecular flexibility index (Phi) is 4.07. The van der Waals surface area contributed by atoms with E-state index in [2.05, 4.69) is 34.2 Å². The van der Waals surface area contributed by atoms with Crippen LogP contribution in [0.5, 0.6) is 0 Å². The standard InChI is InChI=1S/C19H16ClN5/c1-2-10-21-19-22-16-12-14(20)8-9-15(16)18-24-23-17(25(18)19)11-13-6-4-3-5-7-13/h2-9,12H,1,10-11H2,(H,21,22). The van der Waals surface area contributed by atoms with Crippen LogP contribution in [0, 0.1) is 0 Å². The largest absolute Gasteiger partial charge is 0.352 e. The van der Waals surface area contributed by atoms with Gasteiger partial charge in [0.05, 0.1) is 5.52 Å². The van der Waals surface area contributed by atoms with Crippen molar-refractivity contribution in [1.29, 1.82) is 0 Å². The lowest BCUT2D eigenvalue weighted by molar-refractivity contribution is 0.923. The van der Waals surface area contributed by atoms with Crippen LogP contribution in [0.25, 0.3) is 16.6 Å². The second-order valence-corrected chi connectivity index (χ2v) is 6.14. The summed E-state index contributed by atoms with van der Waals surface area (Å²) in [5.74, 6) is 1.51. The van der Waals surface area contributed by atoms with E-state index < -0.39 is 0 Å². The van der Waals surface area contributed by atoms with Gasteiger partial charge in [0.15, 0.2) is 5.65 Å². The summed E-state index contributed by atoms with van der Waals surface area (Å²) in [4.78, 5) is 4.72. The molecular weight excluding hydrogens is 334 g/mol. The zero-order valence-electron chi connectivity index (χ0n) is 13.5. The molecule has 25 heavy (non-hydrogen) atoms. The quantitative estimate of drug-likeness (QED) is 0.551. The number of aromatic nitrogens is 4. The van der Waals surface area contributed by atoms with Crippen molar-refractivity contribution in [3.8, 4) is 0 Å². The van der Waals surface area contributed by atoms with Crippen molar-refractivity contribution < 1.29 is 0 Å². The summed E-state index contributed by atoms with van der Waals surface area (Å²) in [6.45, 7) is 4.35. The molecule has 2 aromatic carbocycles. The molecular formula is C19H16ClN5. The summed E-state index contributed by atoms with van der Waals surface area (Å²) in [5, 5.41) is 13.6. The topological polar surface area (TPSA) is 55.1 Å². The molecule has 0 aliphatic rings. The van der Waals surface area contributed by atoms with Gasteiger partial charge in [-0.05, 0) is 23.8 Å². The van der Waals surface area contributed by atoms with Crippen LogP contribution in [-0.4, -0.2) is 26.1 Å². The van der Waals surface area contributed by atoms with Gasteiger partial charge < -0.3 is 5.32 Å². The highest BCUT2D eigenvalue weighted by Gasteiger charge is 2.15. The van der Waals surface area contributed by atoms with Crippen LogP contribution < -0.4 is 5.32 Å². The first-order valence-electron chi connectivity index (χ1n) is 7.98. The van der Waals surface area contributed by atoms with Gasteiger partial charge in [-0.3, -0.25) is 0 Å². The Balaban J connectivity index is 1.92. The molecule has 0 amide bonds. The first-order chi connectivity index (χ1) is 12.3. The smallest absolute Gasteiger partial charge is 0.211 e. The Morgan fingerprint density at radius 1 is 1.12 bits per heavy atom. The minimum Gasteiger partial charge on any atom is -0.352 e. The van der Waals surface area contributed by atoms with Gasteiger partial charge in [0, 0.05) is 23.4 Å². The third-order valence-electron chi connectivity index (χ3n) is 3.98. The van der Waals surface area contributed by atoms with Crippen LogP contribution in [0.2, 0.25) is 5.02 Å². The van der Waals surface area contributed by atoms with Crippen molar-refractivity contribution in [3.63, 3.8) is 0 Å². The number of rotatable bonds is 5. The van der Waals surface area contributed by atoms with Crippen LogP contribution in [0.3, 0.4) is 0 Å². The van der Waals surface area contributed by atoms with Gasteiger partial charge in [-0.2, -0.15) is 0 Å². The molecule has 0 saturated carbocycles. The fourth-order valence-corrected chi connectivity index (χ4v) is 3.01. The van der Waals surface area contributed by atoms with E-state index in [9.17, 15) is 0 Å². The number of nitrogens with zero attached hydrogens (tertiary/aromatic N) is 4. The molecule has 0 saturated heterocycles. The van der Waals surface area contributed by atoms with Crippen molar-refractivity contribution in [1.82, 2.24) is 19.6 Å². The molecule has 0 fully saturated rings. The number of fused-ring (bicyclic) bond motifs is 3. The molecule has 124 valence electrons. The fraction of sp³-hybridized carbons (Fsp3) is 0.105. The van der Waals surface area contributed by atoms with E-state index in [1.165, 1.54) is 5.56 Å². The fourth-order valence-electron chi connectivity index (χ4n) is 2.84. The first kappa shape index (κ1) is 15.6. The average Bonchev–Trinajstić information content (AvgIpc) is 3.04. The minimum absolute atomic E-state index is 0.594. The predicted molar refractivity (Wildman–Crippen MR) is 101 cm³/mol. The molecule has 2 heterocycles. The molecule has 4 rings (SSSR count). The second-order valence-electron chi connectivity index (χ2n) is 5.70. The van der Waals surface area contributed by atoms with Gasteiger partial charge in [-0.25, -0.2) is 9.38 Å². The van der Waals surface area contributed by atoms with Gasteiger partial charge in [0.25, 0.3) is 0 Å². The molecule has 0 unspecified atom stereocenters. The molecule has 0 spiro atoms. The number of anilines is 1. The lowest BCUT2D eigenvalue weighted by Gasteiger charge is -2.10. The van der Waals surface area contributed by atoms with Gasteiger partial charge in [0.2, 0.25) is 5.95 Å². The highest BCUT2D eigenvalue weighted by Crippen LogP contribution is 2.25. The Labute approximate surface area is 150 Å². The van der Waals surface area contributed by atoms with E-state index in [1.54, 1.807) is 6.08 Å². The van der Waals surface area contributed by atoms with Crippen molar-refractivity contribution in [2.45, 2.75) is 6.42 Å². The number of hydrogen-bond acceptors (Lipinski definition) is 4. The maximum Gasteiger partial charge on any atom is 0.211 e. The zero-order chi connectivity index (χ0) is 17.2. The number of hydrogen-bond donors (Lipinski definition) is 1. The van der Waals surface area contributed by atoms with Gasteiger partial charge in [-0.15, -0.1) is 16.8 Å². The lowest BCUT2D eigenvalue weighted by atomic mass is 10.1. The van der Waals surface area contributed by atoms with Crippen molar-refractivity contribution in [2.75, 3.05) is 11.9 Å². The maximum absolute atomic E-state index is 6.12. The van der Waals surface area contributed by atoms with E-state index in [-0.39, 0.29) is 0 Å². The van der Waals surface area contributed by atoms with E-state index in [0.717, 1.165) is 22.4 Å². The van der Waals surface area contributed by atoms with E-state index in [4.69, 9.17) is 16.6 Å². The van der Waals surface area contributed by atoms with Crippen molar-refractivity contribution >= 4 is 34.1 Å². The summed E-state index contributed by atoms with van der Waals surface area (Å²) < 4.78 is 1.97. The third-order valence-corrected chi connectivity index (χ3v) is 4.21. The predicted octanol–water partition coefficient (Wildman–Crippen LogP) is 4.12. The van der Waals surface area contributed by atoms with Crippen molar-refractivity contribution in [3.05, 3.63) is 77.6 Å². The van der Waals surface area contributed by atoms with Crippen LogP contribution in [0.15, 0.2) is 61.2 Å². The number of nitrogens with one attached hydrogen (secondary N) is 1. The van der Waals surface area contributed by atoms with E-state index in [1.807, 2.05) is 40.8 Å². The zero-order valence-corrected chi connectivity index (χ0v) is 14.2. The van der Waals surface area contributed by atoms with E-state index in [0.29, 0.717) is 23.9 Å². The van der Waals surface area contributed by atoms with Gasteiger partial charge in [-0.1, -0.05) is 48.0 Å². The Hall–Kier alpha value is -2.92. The van der Waals surface area contributed by atoms with Crippen LogP contribution in [-0.2, 0) is 6.42 Å². The second kappa shape index (κ2) is 6.53. The summed E-state index contributed by atoms with van der Waals surface area (Å²) in [6, 6.07) is 15.8. The normalized spacial score (nSPS) is 11.1. The summed E-state index contributed by atoms with van der Waals surface area (Å²) >= 11 is 6.12. The Morgan fingerprint density at radius 3 is 2.76 bits per heavy atom. The molecule has 4 aromatic rings. The third kappa shape index (κ3) is 2.94. The van der Waals surface area contributed by atoms with Crippen LogP contribution >= 0.6 is 11.6 Å². The molecule has 0 aliphatic heterocycles. The van der Waals surface area contributed by atoms with Gasteiger partial charge >= 0.3 is 0 Å². The van der Waals surface area contributed by atoms with Crippen LogP contribution in [0.1, 0.15) is 11.4 Å².